The number of carbonyl (C=O) groups is 1. The van der Waals surface area contributed by atoms with Crippen LogP contribution in [0, 0.1) is 5.41 Å². The van der Waals surface area contributed by atoms with Crippen molar-refractivity contribution >= 4 is 6.09 Å². The number of allylic oxidation sites excluding steroid dienone is 4. The van der Waals surface area contributed by atoms with Gasteiger partial charge in [-0.25, -0.2) is 4.79 Å². The number of amides is 1. The van der Waals surface area contributed by atoms with E-state index in [0.717, 1.165) is 12.8 Å². The molecule has 0 aromatic rings. The number of nitrogens with two attached hydrogens (primary N) is 1. The lowest BCUT2D eigenvalue weighted by Crippen LogP contribution is -2.20. The Balaban J connectivity index is 2.31. The quantitative estimate of drug-likeness (QED) is 0.723. The van der Waals surface area contributed by atoms with E-state index < -0.39 is 6.09 Å². The molecule has 1 aliphatic carbocycles. The van der Waals surface area contributed by atoms with Crippen molar-refractivity contribution in [3.05, 3.63) is 24.3 Å². The van der Waals surface area contributed by atoms with Crippen molar-refractivity contribution in [3.63, 3.8) is 0 Å². The highest BCUT2D eigenvalue weighted by Gasteiger charge is 2.20. The molecule has 0 bridgehead atoms. The van der Waals surface area contributed by atoms with Crippen molar-refractivity contribution in [1.82, 2.24) is 0 Å². The molecule has 0 aliphatic heterocycles. The van der Waals surface area contributed by atoms with Crippen molar-refractivity contribution in [2.75, 3.05) is 6.61 Å². The van der Waals surface area contributed by atoms with Gasteiger partial charge in [-0.1, -0.05) is 31.2 Å². The lowest BCUT2D eigenvalue weighted by atomic mass is 9.81. The molecule has 2 N–H and O–H groups in total. The molecule has 72 valence electrons. The largest absolute Gasteiger partial charge is 0.450 e. The van der Waals surface area contributed by atoms with Crippen molar-refractivity contribution in [2.24, 2.45) is 11.1 Å². The van der Waals surface area contributed by atoms with E-state index in [1.165, 1.54) is 0 Å². The first kappa shape index (κ1) is 9.84. The third kappa shape index (κ3) is 3.32. The van der Waals surface area contributed by atoms with Crippen molar-refractivity contribution in [1.29, 1.82) is 0 Å². The lowest BCUT2D eigenvalue weighted by molar-refractivity contribution is 0.142. The molecule has 0 aromatic carbocycles. The van der Waals surface area contributed by atoms with Crippen molar-refractivity contribution in [2.45, 2.75) is 19.8 Å². The van der Waals surface area contributed by atoms with Crippen LogP contribution in [0.3, 0.4) is 0 Å². The molecule has 0 saturated carbocycles. The number of rotatable bonds is 3. The Morgan fingerprint density at radius 2 is 2.38 bits per heavy atom. The molecule has 0 heterocycles. The topological polar surface area (TPSA) is 52.3 Å². The Morgan fingerprint density at radius 3 is 2.92 bits per heavy atom. The molecule has 0 radical (unpaired) electrons. The van der Waals surface area contributed by atoms with Gasteiger partial charge in [0, 0.05) is 0 Å². The standard InChI is InChI=1S/C10H15NO2/c1-10(5-3-2-4-6-10)7-8-13-9(11)12/h2-5H,6-8H2,1H3,(H2,11,12). The van der Waals surface area contributed by atoms with Gasteiger partial charge in [-0.3, -0.25) is 0 Å². The van der Waals surface area contributed by atoms with E-state index in [1.54, 1.807) is 0 Å². The maximum atomic E-state index is 10.3. The van der Waals surface area contributed by atoms with Gasteiger partial charge >= 0.3 is 6.09 Å². The highest BCUT2D eigenvalue weighted by molar-refractivity contribution is 5.64. The van der Waals surface area contributed by atoms with Crippen LogP contribution in [-0.4, -0.2) is 12.7 Å². The zero-order valence-corrected chi connectivity index (χ0v) is 7.82. The van der Waals surface area contributed by atoms with E-state index in [1.807, 2.05) is 12.2 Å². The van der Waals surface area contributed by atoms with Gasteiger partial charge in [-0.2, -0.15) is 0 Å². The number of carbonyl (C=O) groups excluding carboxylic acids is 1. The number of hydrogen-bond donors (Lipinski definition) is 1. The summed E-state index contributed by atoms with van der Waals surface area (Å²) < 4.78 is 4.69. The predicted molar refractivity (Wildman–Crippen MR) is 51.2 cm³/mol. The molecule has 1 aliphatic rings. The number of ether oxygens (including phenoxy) is 1. The Hall–Kier alpha value is -1.25. The lowest BCUT2D eigenvalue weighted by Gasteiger charge is -2.25. The van der Waals surface area contributed by atoms with Crippen LogP contribution in [0.2, 0.25) is 0 Å². The van der Waals surface area contributed by atoms with Gasteiger partial charge < -0.3 is 10.5 Å². The molecule has 0 aromatic heterocycles. The summed E-state index contributed by atoms with van der Waals surface area (Å²) in [5.74, 6) is 0. The highest BCUT2D eigenvalue weighted by atomic mass is 16.5. The van der Waals surface area contributed by atoms with Crippen molar-refractivity contribution in [3.8, 4) is 0 Å². The Bertz CT molecular complexity index is 245. The first-order valence-corrected chi connectivity index (χ1v) is 4.39. The zero-order chi connectivity index (χ0) is 9.73. The van der Waals surface area contributed by atoms with E-state index in [4.69, 9.17) is 10.5 Å². The fraction of sp³-hybridized carbons (Fsp3) is 0.500. The van der Waals surface area contributed by atoms with Crippen LogP contribution in [0.5, 0.6) is 0 Å². The summed E-state index contributed by atoms with van der Waals surface area (Å²) in [5.41, 5.74) is 4.97. The van der Waals surface area contributed by atoms with Crippen LogP contribution in [0.15, 0.2) is 24.3 Å². The maximum Gasteiger partial charge on any atom is 0.404 e. The molecule has 13 heavy (non-hydrogen) atoms. The predicted octanol–water partition coefficient (Wildman–Crippen LogP) is 1.99. The van der Waals surface area contributed by atoms with Gasteiger partial charge in [-0.05, 0) is 18.3 Å². The van der Waals surface area contributed by atoms with Gasteiger partial charge in [0.25, 0.3) is 0 Å². The first-order chi connectivity index (χ1) is 6.12. The molecule has 0 saturated heterocycles. The molecule has 1 rings (SSSR count). The zero-order valence-electron chi connectivity index (χ0n) is 7.82. The Labute approximate surface area is 78.3 Å². The monoisotopic (exact) mass is 181 g/mol. The molecule has 0 fully saturated rings. The van der Waals surface area contributed by atoms with E-state index in [9.17, 15) is 4.79 Å². The van der Waals surface area contributed by atoms with E-state index in [0.29, 0.717) is 6.61 Å². The van der Waals surface area contributed by atoms with Crippen LogP contribution >= 0.6 is 0 Å². The first-order valence-electron chi connectivity index (χ1n) is 4.39. The fourth-order valence-electron chi connectivity index (χ4n) is 1.34. The fourth-order valence-corrected chi connectivity index (χ4v) is 1.34. The highest BCUT2D eigenvalue weighted by Crippen LogP contribution is 2.30. The molecule has 3 heteroatoms. The van der Waals surface area contributed by atoms with Gasteiger partial charge in [0.05, 0.1) is 6.61 Å². The van der Waals surface area contributed by atoms with Crippen LogP contribution < -0.4 is 5.73 Å². The minimum Gasteiger partial charge on any atom is -0.450 e. The molecule has 1 unspecified atom stereocenters. The summed E-state index contributed by atoms with van der Waals surface area (Å²) in [4.78, 5) is 10.3. The van der Waals surface area contributed by atoms with Gasteiger partial charge in [0.15, 0.2) is 0 Å². The molecule has 1 atom stereocenters. The maximum absolute atomic E-state index is 10.3. The molecule has 3 nitrogen and oxygen atoms in total. The second-order valence-electron chi connectivity index (χ2n) is 3.56. The summed E-state index contributed by atoms with van der Waals surface area (Å²) in [6.45, 7) is 2.53. The average Bonchev–Trinajstić information content (AvgIpc) is 2.04. The minimum absolute atomic E-state index is 0.115. The summed E-state index contributed by atoms with van der Waals surface area (Å²) >= 11 is 0. The van der Waals surface area contributed by atoms with Crippen LogP contribution in [0.4, 0.5) is 4.79 Å². The van der Waals surface area contributed by atoms with Gasteiger partial charge in [0.1, 0.15) is 0 Å². The molecular weight excluding hydrogens is 166 g/mol. The van der Waals surface area contributed by atoms with Gasteiger partial charge in [-0.15, -0.1) is 0 Å². The Morgan fingerprint density at radius 1 is 1.62 bits per heavy atom. The normalized spacial score (nSPS) is 25.9. The SMILES string of the molecule is CC1(CCOC(N)=O)C=CC=CC1. The third-order valence-corrected chi connectivity index (χ3v) is 2.25. The number of primary amides is 1. The van der Waals surface area contributed by atoms with Crippen molar-refractivity contribution < 1.29 is 9.53 Å². The minimum atomic E-state index is -0.695. The van der Waals surface area contributed by atoms with Gasteiger partial charge in [0.2, 0.25) is 0 Å². The smallest absolute Gasteiger partial charge is 0.404 e. The van der Waals surface area contributed by atoms with E-state index in [-0.39, 0.29) is 5.41 Å². The van der Waals surface area contributed by atoms with E-state index >= 15 is 0 Å². The molecular formula is C10H15NO2. The molecule has 1 amide bonds. The second kappa shape index (κ2) is 4.12. The second-order valence-corrected chi connectivity index (χ2v) is 3.56. The molecule has 0 spiro atoms. The Kier molecular flexibility index (Phi) is 3.12. The van der Waals surface area contributed by atoms with Crippen LogP contribution in [0.25, 0.3) is 0 Å². The van der Waals surface area contributed by atoms with Crippen LogP contribution in [-0.2, 0) is 4.74 Å². The third-order valence-electron chi connectivity index (χ3n) is 2.25. The summed E-state index contributed by atoms with van der Waals surface area (Å²) in [6, 6.07) is 0. The summed E-state index contributed by atoms with van der Waals surface area (Å²) in [5, 5.41) is 0. The van der Waals surface area contributed by atoms with Crippen LogP contribution in [0.1, 0.15) is 19.8 Å². The van der Waals surface area contributed by atoms with E-state index in [2.05, 4.69) is 19.1 Å². The summed E-state index contributed by atoms with van der Waals surface area (Å²) in [6.07, 6.45) is 9.41. The summed E-state index contributed by atoms with van der Waals surface area (Å²) in [7, 11) is 0. The average molecular weight is 181 g/mol. The number of hydrogen-bond acceptors (Lipinski definition) is 2.